The van der Waals surface area contributed by atoms with Crippen molar-refractivity contribution < 1.29 is 28.8 Å². The second-order valence-electron chi connectivity index (χ2n) is 16.9. The first-order valence-electron chi connectivity index (χ1n) is 20.3. The predicted octanol–water partition coefficient (Wildman–Crippen LogP) is 4.96. The Balaban J connectivity index is 1.35. The Morgan fingerprint density at radius 1 is 0.946 bits per heavy atom. The van der Waals surface area contributed by atoms with Crippen LogP contribution in [0, 0.1) is 23.2 Å². The Hall–Kier alpha value is -4.81. The van der Waals surface area contributed by atoms with Crippen molar-refractivity contribution in [3.63, 3.8) is 0 Å². The monoisotopic (exact) mass is 769 g/mol. The van der Waals surface area contributed by atoms with Crippen LogP contribution in [0.3, 0.4) is 0 Å². The number of hydrogen-bond donors (Lipinski definition) is 3. The highest BCUT2D eigenvalue weighted by molar-refractivity contribution is 6.38. The number of carbonyl (C=O) groups is 6. The lowest BCUT2D eigenvalue weighted by atomic mass is 9.83. The van der Waals surface area contributed by atoms with Crippen LogP contribution < -0.4 is 16.0 Å². The topological polar surface area (TPSA) is 180 Å². The van der Waals surface area contributed by atoms with Crippen molar-refractivity contribution in [2.75, 3.05) is 6.54 Å². The van der Waals surface area contributed by atoms with E-state index in [0.717, 1.165) is 37.7 Å². The van der Waals surface area contributed by atoms with Crippen LogP contribution in [0.25, 0.3) is 0 Å². The molecule has 302 valence electrons. The quantitative estimate of drug-likeness (QED) is 0.213. The van der Waals surface area contributed by atoms with Crippen LogP contribution >= 0.6 is 0 Å². The van der Waals surface area contributed by atoms with Gasteiger partial charge in [0, 0.05) is 30.6 Å². The molecule has 0 unspecified atom stereocenters. The summed E-state index contributed by atoms with van der Waals surface area (Å²) in [4.78, 5) is 97.0. The Bertz CT molecular complexity index is 1750. The van der Waals surface area contributed by atoms with Crippen molar-refractivity contribution in [1.29, 1.82) is 0 Å². The van der Waals surface area contributed by atoms with Crippen molar-refractivity contribution >= 4 is 40.9 Å². The molecule has 4 amide bonds. The first-order chi connectivity index (χ1) is 26.7. The number of carbonyl (C=O) groups excluding carboxylic acids is 6. The van der Waals surface area contributed by atoms with Gasteiger partial charge in [0.25, 0.3) is 11.8 Å². The molecule has 1 aliphatic heterocycles. The van der Waals surface area contributed by atoms with Gasteiger partial charge in [-0.2, -0.15) is 0 Å². The van der Waals surface area contributed by atoms with Gasteiger partial charge in [-0.25, -0.2) is 4.98 Å². The predicted molar refractivity (Wildman–Crippen MR) is 212 cm³/mol. The Kier molecular flexibility index (Phi) is 14.3. The van der Waals surface area contributed by atoms with Crippen molar-refractivity contribution in [2.45, 2.75) is 136 Å². The average molecular weight is 770 g/mol. The van der Waals surface area contributed by atoms with E-state index in [1.807, 2.05) is 65.0 Å². The van der Waals surface area contributed by atoms with Crippen LogP contribution in [0.15, 0.2) is 53.9 Å². The normalized spacial score (nSPS) is 22.7. The molecule has 1 saturated heterocycles. The minimum atomic E-state index is -1.01. The van der Waals surface area contributed by atoms with Crippen LogP contribution in [0.2, 0.25) is 0 Å². The molecular formula is C43H59N7O6. The maximum atomic E-state index is 14.7. The molecule has 2 heterocycles. The molecule has 0 spiro atoms. The van der Waals surface area contributed by atoms with Gasteiger partial charge in [0.1, 0.15) is 23.8 Å². The number of Topliss-reactive ketones (excluding diaryl/α,β-unsaturated/α-hetero) is 2. The summed E-state index contributed by atoms with van der Waals surface area (Å²) in [5.74, 6) is -3.15. The van der Waals surface area contributed by atoms with Gasteiger partial charge in [-0.15, -0.1) is 0 Å². The molecule has 1 aromatic carbocycles. The second kappa shape index (κ2) is 18.9. The van der Waals surface area contributed by atoms with E-state index in [4.69, 9.17) is 4.99 Å². The number of aliphatic imine (C=N–C) groups is 1. The third kappa shape index (κ3) is 10.3. The standard InChI is InChI=1S/C43H59N7O6/c1-7-14-32(37(52)41(55)46-26(2)29-17-12-9-13-18-29)47-31-20-19-30-25-50(36(27(3)51)35(30)31)42(56)38(43(4,5)6)49-39(53)33(23-28-15-10-8-11-16-28)48-40(54)34-24-44-21-22-45-34/h9,12-13,17-18,21-22,24,26,28,30,32-33,35-36,38H,7-8,10-11,14-16,19-20,23,25H2,1-6H3,(H,46,55)(H,48,54)(H,49,53)/t26-,30-,32-,33-,35+,36+,38+/m0/s1. The fraction of sp³-hybridized carbons (Fsp3) is 0.605. The van der Waals surface area contributed by atoms with E-state index in [-0.39, 0.29) is 35.3 Å². The number of hydrogen-bond acceptors (Lipinski definition) is 9. The third-order valence-corrected chi connectivity index (χ3v) is 11.6. The Labute approximate surface area is 330 Å². The Morgan fingerprint density at radius 2 is 1.66 bits per heavy atom. The van der Waals surface area contributed by atoms with Gasteiger partial charge in [0.05, 0.1) is 18.3 Å². The van der Waals surface area contributed by atoms with Gasteiger partial charge < -0.3 is 20.9 Å². The van der Waals surface area contributed by atoms with Gasteiger partial charge in [-0.3, -0.25) is 38.7 Å². The lowest BCUT2D eigenvalue weighted by molar-refractivity contribution is -0.143. The molecule has 0 bridgehead atoms. The number of benzene rings is 1. The van der Waals surface area contributed by atoms with E-state index in [0.29, 0.717) is 44.4 Å². The van der Waals surface area contributed by atoms with Crippen LogP contribution in [0.4, 0.5) is 0 Å². The molecule has 2 aliphatic carbocycles. The summed E-state index contributed by atoms with van der Waals surface area (Å²) in [5, 5.41) is 8.70. The highest BCUT2D eigenvalue weighted by Gasteiger charge is 2.53. The van der Waals surface area contributed by atoms with Gasteiger partial charge in [0.15, 0.2) is 5.78 Å². The van der Waals surface area contributed by atoms with Crippen molar-refractivity contribution in [3.05, 3.63) is 60.2 Å². The van der Waals surface area contributed by atoms with Gasteiger partial charge >= 0.3 is 0 Å². The molecule has 56 heavy (non-hydrogen) atoms. The summed E-state index contributed by atoms with van der Waals surface area (Å²) in [6.45, 7) is 11.1. The van der Waals surface area contributed by atoms with Crippen molar-refractivity contribution in [1.82, 2.24) is 30.8 Å². The smallest absolute Gasteiger partial charge is 0.290 e. The molecule has 2 saturated carbocycles. The average Bonchev–Trinajstić information content (AvgIpc) is 3.76. The van der Waals surface area contributed by atoms with Crippen LogP contribution in [-0.4, -0.2) is 86.5 Å². The number of nitrogens with zero attached hydrogens (tertiary/aromatic N) is 4. The van der Waals surface area contributed by atoms with E-state index in [1.54, 1.807) is 4.90 Å². The number of aromatic nitrogens is 2. The highest BCUT2D eigenvalue weighted by Crippen LogP contribution is 2.42. The number of ketones is 2. The summed E-state index contributed by atoms with van der Waals surface area (Å²) < 4.78 is 0. The number of likely N-dealkylation sites (tertiary alicyclic amines) is 1. The van der Waals surface area contributed by atoms with E-state index in [2.05, 4.69) is 25.9 Å². The fourth-order valence-corrected chi connectivity index (χ4v) is 8.67. The number of nitrogens with one attached hydrogen (secondary N) is 3. The molecule has 3 N–H and O–H groups in total. The Morgan fingerprint density at radius 3 is 2.29 bits per heavy atom. The van der Waals surface area contributed by atoms with E-state index in [1.165, 1.54) is 25.5 Å². The zero-order chi connectivity index (χ0) is 40.6. The van der Waals surface area contributed by atoms with Crippen molar-refractivity contribution in [2.24, 2.45) is 28.2 Å². The van der Waals surface area contributed by atoms with E-state index in [9.17, 15) is 28.8 Å². The molecule has 3 aliphatic rings. The molecule has 2 aromatic rings. The number of amides is 4. The molecule has 13 nitrogen and oxygen atoms in total. The number of fused-ring (bicyclic) bond motifs is 1. The fourth-order valence-electron chi connectivity index (χ4n) is 8.67. The maximum Gasteiger partial charge on any atom is 0.290 e. The molecule has 3 fully saturated rings. The first kappa shape index (κ1) is 42.3. The SMILES string of the molecule is CCC[C@H](N=C1CC[C@H]2CN(C(=O)[C@@H](NC(=O)[C@H](CC3CCCCC3)NC(=O)c3cnccn3)C(C)(C)C)[C@H](C(C)=O)[C@@H]12)C(=O)C(=O)N[C@@H](C)c1ccccc1. The van der Waals surface area contributed by atoms with Gasteiger partial charge in [-0.1, -0.05) is 96.6 Å². The molecule has 7 atom stereocenters. The zero-order valence-corrected chi connectivity index (χ0v) is 33.8. The summed E-state index contributed by atoms with van der Waals surface area (Å²) in [6.07, 6.45) is 12.0. The molecule has 0 radical (unpaired) electrons. The summed E-state index contributed by atoms with van der Waals surface area (Å²) >= 11 is 0. The summed E-state index contributed by atoms with van der Waals surface area (Å²) in [6, 6.07) is 5.36. The molecule has 1 aromatic heterocycles. The van der Waals surface area contributed by atoms with Crippen LogP contribution in [0.5, 0.6) is 0 Å². The second-order valence-corrected chi connectivity index (χ2v) is 16.9. The summed E-state index contributed by atoms with van der Waals surface area (Å²) in [7, 11) is 0. The maximum absolute atomic E-state index is 14.7. The van der Waals surface area contributed by atoms with Gasteiger partial charge in [0.2, 0.25) is 17.6 Å². The molecular weight excluding hydrogens is 711 g/mol. The lowest BCUT2D eigenvalue weighted by Gasteiger charge is -2.37. The number of rotatable bonds is 15. The third-order valence-electron chi connectivity index (χ3n) is 11.6. The molecule has 13 heteroatoms. The lowest BCUT2D eigenvalue weighted by Crippen LogP contribution is -2.60. The van der Waals surface area contributed by atoms with Crippen molar-refractivity contribution in [3.8, 4) is 0 Å². The van der Waals surface area contributed by atoms with E-state index >= 15 is 0 Å². The first-order valence-corrected chi connectivity index (χ1v) is 20.3. The minimum Gasteiger partial charge on any atom is -0.343 e. The minimum absolute atomic E-state index is 0.0717. The van der Waals surface area contributed by atoms with Crippen LogP contribution in [0.1, 0.15) is 128 Å². The van der Waals surface area contributed by atoms with Crippen LogP contribution in [-0.2, 0) is 24.0 Å². The van der Waals surface area contributed by atoms with Gasteiger partial charge in [-0.05, 0) is 62.3 Å². The van der Waals surface area contributed by atoms with E-state index < -0.39 is 59.0 Å². The highest BCUT2D eigenvalue weighted by atomic mass is 16.2. The largest absolute Gasteiger partial charge is 0.343 e. The molecule has 5 rings (SSSR count). The zero-order valence-electron chi connectivity index (χ0n) is 33.8. The summed E-state index contributed by atoms with van der Waals surface area (Å²) in [5.41, 5.74) is 0.891.